The van der Waals surface area contributed by atoms with Gasteiger partial charge in [0.05, 0.1) is 13.3 Å². The van der Waals surface area contributed by atoms with Gasteiger partial charge in [-0.3, -0.25) is 5.43 Å². The van der Waals surface area contributed by atoms with E-state index in [1.165, 1.54) is 11.1 Å². The molecule has 6 nitrogen and oxygen atoms in total. The summed E-state index contributed by atoms with van der Waals surface area (Å²) in [5.74, 6) is 2.08. The lowest BCUT2D eigenvalue weighted by atomic mass is 10.2. The summed E-state index contributed by atoms with van der Waals surface area (Å²) in [5, 5.41) is 7.67. The molecule has 0 spiro atoms. The minimum atomic E-state index is 0.401. The van der Waals surface area contributed by atoms with E-state index in [0.29, 0.717) is 29.8 Å². The minimum absolute atomic E-state index is 0.401. The average molecular weight is 450 g/mol. The van der Waals surface area contributed by atoms with E-state index in [0.717, 1.165) is 17.0 Å². The van der Waals surface area contributed by atoms with Crippen LogP contribution in [0.5, 0.6) is 17.2 Å². The third-order valence-electron chi connectivity index (χ3n) is 4.51. The maximum Gasteiger partial charge on any atom is 0.191 e. The largest absolute Gasteiger partial charge is 0.493 e. The predicted molar refractivity (Wildman–Crippen MR) is 133 cm³/mol. The van der Waals surface area contributed by atoms with Crippen molar-refractivity contribution in [2.45, 2.75) is 13.8 Å². The van der Waals surface area contributed by atoms with Gasteiger partial charge in [-0.25, -0.2) is 0 Å². The van der Waals surface area contributed by atoms with Crippen LogP contribution in [0.1, 0.15) is 16.7 Å². The summed E-state index contributed by atoms with van der Waals surface area (Å²) in [6, 6.07) is 21.4. The molecule has 32 heavy (non-hydrogen) atoms. The molecule has 0 unspecified atom stereocenters. The molecule has 0 saturated carbocycles. The van der Waals surface area contributed by atoms with Gasteiger partial charge in [0.2, 0.25) is 0 Å². The zero-order chi connectivity index (χ0) is 22.8. The SMILES string of the molecule is COc1cc(/C=N\NC(=S)Nc2ccc(C)cc2)ccc1OCCOc1ccc(C)cc1. The van der Waals surface area contributed by atoms with Crippen LogP contribution in [0.25, 0.3) is 0 Å². The molecule has 0 fully saturated rings. The van der Waals surface area contributed by atoms with Gasteiger partial charge in [-0.2, -0.15) is 5.10 Å². The van der Waals surface area contributed by atoms with Gasteiger partial charge in [-0.1, -0.05) is 35.4 Å². The van der Waals surface area contributed by atoms with E-state index in [1.807, 2.05) is 80.6 Å². The van der Waals surface area contributed by atoms with E-state index in [4.69, 9.17) is 26.4 Å². The first kappa shape index (κ1) is 23.1. The second-order valence-corrected chi connectivity index (χ2v) is 7.52. The van der Waals surface area contributed by atoms with E-state index in [1.54, 1.807) is 13.3 Å². The molecule has 0 atom stereocenters. The number of rotatable bonds is 9. The predicted octanol–water partition coefficient (Wildman–Crippen LogP) is 5.09. The molecule has 0 aliphatic heterocycles. The Kier molecular flexibility index (Phi) is 8.45. The second kappa shape index (κ2) is 11.7. The lowest BCUT2D eigenvalue weighted by molar-refractivity contribution is 0.211. The van der Waals surface area contributed by atoms with Crippen molar-refractivity contribution in [3.05, 3.63) is 83.4 Å². The molecular formula is C25H27N3O3S. The number of hydrogen-bond acceptors (Lipinski definition) is 5. The van der Waals surface area contributed by atoms with Crippen molar-refractivity contribution >= 4 is 29.2 Å². The summed E-state index contributed by atoms with van der Waals surface area (Å²) in [4.78, 5) is 0. The highest BCUT2D eigenvalue weighted by molar-refractivity contribution is 7.80. The highest BCUT2D eigenvalue weighted by atomic mass is 32.1. The third-order valence-corrected chi connectivity index (χ3v) is 4.70. The van der Waals surface area contributed by atoms with Crippen LogP contribution in [0.4, 0.5) is 5.69 Å². The van der Waals surface area contributed by atoms with Gasteiger partial charge >= 0.3 is 0 Å². The number of thiocarbonyl (C=S) groups is 1. The molecule has 3 rings (SSSR count). The molecule has 0 heterocycles. The summed E-state index contributed by atoms with van der Waals surface area (Å²) in [6.07, 6.45) is 1.66. The molecule has 0 aromatic heterocycles. The Morgan fingerprint density at radius 3 is 2.22 bits per heavy atom. The number of nitrogens with zero attached hydrogens (tertiary/aromatic N) is 1. The molecule has 0 radical (unpaired) electrons. The number of benzene rings is 3. The quantitative estimate of drug-likeness (QED) is 0.205. The van der Waals surface area contributed by atoms with E-state index >= 15 is 0 Å². The van der Waals surface area contributed by atoms with E-state index in [-0.39, 0.29) is 0 Å². The first-order valence-electron chi connectivity index (χ1n) is 10.2. The fourth-order valence-corrected chi connectivity index (χ4v) is 2.96. The Bertz CT molecular complexity index is 1050. The Labute approximate surface area is 194 Å². The Balaban J connectivity index is 1.47. The summed E-state index contributed by atoms with van der Waals surface area (Å²) in [6.45, 7) is 4.91. The minimum Gasteiger partial charge on any atom is -0.493 e. The average Bonchev–Trinajstić information content (AvgIpc) is 2.80. The number of hydrogen-bond donors (Lipinski definition) is 2. The highest BCUT2D eigenvalue weighted by Crippen LogP contribution is 2.27. The monoisotopic (exact) mass is 449 g/mol. The molecular weight excluding hydrogens is 422 g/mol. The number of methoxy groups -OCH3 is 1. The van der Waals surface area contributed by atoms with Crippen molar-refractivity contribution in [2.24, 2.45) is 5.10 Å². The van der Waals surface area contributed by atoms with E-state index in [2.05, 4.69) is 15.8 Å². The van der Waals surface area contributed by atoms with Gasteiger partial charge in [0.1, 0.15) is 19.0 Å². The van der Waals surface area contributed by atoms with Crippen LogP contribution < -0.4 is 25.0 Å². The zero-order valence-corrected chi connectivity index (χ0v) is 19.2. The van der Waals surface area contributed by atoms with Crippen LogP contribution in [-0.2, 0) is 0 Å². The smallest absolute Gasteiger partial charge is 0.191 e. The molecule has 0 saturated heterocycles. The first-order valence-corrected chi connectivity index (χ1v) is 10.6. The van der Waals surface area contributed by atoms with Gasteiger partial charge in [0, 0.05) is 5.69 Å². The molecule has 0 bridgehead atoms. The molecule has 166 valence electrons. The van der Waals surface area contributed by atoms with Crippen LogP contribution in [-0.4, -0.2) is 31.7 Å². The van der Waals surface area contributed by atoms with Gasteiger partial charge in [-0.15, -0.1) is 0 Å². The standard InChI is InChI=1S/C25H27N3O3S/c1-18-4-9-21(10-5-18)27-25(32)28-26-17-20-8-13-23(24(16-20)29-3)31-15-14-30-22-11-6-19(2)7-12-22/h4-13,16-17H,14-15H2,1-3H3,(H2,27,28,32)/b26-17-. The van der Waals surface area contributed by atoms with Crippen molar-refractivity contribution in [2.75, 3.05) is 25.6 Å². The van der Waals surface area contributed by atoms with Crippen molar-refractivity contribution in [3.8, 4) is 17.2 Å². The van der Waals surface area contributed by atoms with Crippen molar-refractivity contribution in [1.82, 2.24) is 5.43 Å². The van der Waals surface area contributed by atoms with Crippen LogP contribution in [0, 0.1) is 13.8 Å². The van der Waals surface area contributed by atoms with Gasteiger partial charge in [0.25, 0.3) is 0 Å². The molecule has 2 N–H and O–H groups in total. The fourth-order valence-electron chi connectivity index (χ4n) is 2.79. The lowest BCUT2D eigenvalue weighted by Gasteiger charge is -2.12. The summed E-state index contributed by atoms with van der Waals surface area (Å²) in [7, 11) is 1.60. The third kappa shape index (κ3) is 7.28. The molecule has 0 amide bonds. The topological polar surface area (TPSA) is 64.1 Å². The zero-order valence-electron chi connectivity index (χ0n) is 18.4. The first-order chi connectivity index (χ1) is 15.5. The number of aryl methyl sites for hydroxylation is 2. The molecule has 0 aliphatic carbocycles. The molecule has 3 aromatic rings. The van der Waals surface area contributed by atoms with Gasteiger partial charge in [-0.05, 0) is 74.1 Å². The van der Waals surface area contributed by atoms with E-state index in [9.17, 15) is 0 Å². The number of hydrazone groups is 1. The summed E-state index contributed by atoms with van der Waals surface area (Å²) < 4.78 is 16.9. The fraction of sp³-hybridized carbons (Fsp3) is 0.200. The highest BCUT2D eigenvalue weighted by Gasteiger charge is 2.05. The normalized spacial score (nSPS) is 10.6. The molecule has 0 aliphatic rings. The second-order valence-electron chi connectivity index (χ2n) is 7.11. The molecule has 3 aromatic carbocycles. The van der Waals surface area contributed by atoms with Crippen molar-refractivity contribution < 1.29 is 14.2 Å². The van der Waals surface area contributed by atoms with Gasteiger partial charge in [0.15, 0.2) is 16.6 Å². The van der Waals surface area contributed by atoms with Crippen LogP contribution in [0.15, 0.2) is 71.8 Å². The summed E-state index contributed by atoms with van der Waals surface area (Å²) in [5.41, 5.74) is 6.94. The summed E-state index contributed by atoms with van der Waals surface area (Å²) >= 11 is 5.26. The lowest BCUT2D eigenvalue weighted by Crippen LogP contribution is -2.23. The van der Waals surface area contributed by atoms with Crippen molar-refractivity contribution in [1.29, 1.82) is 0 Å². The van der Waals surface area contributed by atoms with Gasteiger partial charge < -0.3 is 19.5 Å². The van der Waals surface area contributed by atoms with Crippen molar-refractivity contribution in [3.63, 3.8) is 0 Å². The van der Waals surface area contributed by atoms with Crippen LogP contribution >= 0.6 is 12.2 Å². The number of anilines is 1. The van der Waals surface area contributed by atoms with Crippen LogP contribution in [0.3, 0.4) is 0 Å². The Morgan fingerprint density at radius 2 is 1.53 bits per heavy atom. The Morgan fingerprint density at radius 1 is 0.875 bits per heavy atom. The Hall–Kier alpha value is -3.58. The maximum atomic E-state index is 5.81. The number of ether oxygens (including phenoxy) is 3. The van der Waals surface area contributed by atoms with E-state index < -0.39 is 0 Å². The molecule has 7 heteroatoms. The number of nitrogens with one attached hydrogen (secondary N) is 2. The van der Waals surface area contributed by atoms with Crippen LogP contribution in [0.2, 0.25) is 0 Å². The maximum absolute atomic E-state index is 5.81.